The quantitative estimate of drug-likeness (QED) is 0.364. The number of nitrogens with one attached hydrogen (secondary N) is 1. The van der Waals surface area contributed by atoms with Crippen LogP contribution in [0.5, 0.6) is 17.2 Å². The molecule has 0 aromatic heterocycles. The zero-order valence-corrected chi connectivity index (χ0v) is 15.8. The van der Waals surface area contributed by atoms with Crippen molar-refractivity contribution in [1.29, 1.82) is 0 Å². The van der Waals surface area contributed by atoms with Gasteiger partial charge >= 0.3 is 0 Å². The first-order valence-electron chi connectivity index (χ1n) is 8.41. The van der Waals surface area contributed by atoms with Gasteiger partial charge in [0.05, 0.1) is 4.90 Å². The third-order valence-corrected chi connectivity index (χ3v) is 5.37. The molecule has 0 spiro atoms. The van der Waals surface area contributed by atoms with E-state index in [0.717, 1.165) is 6.07 Å². The molecule has 8 heteroatoms. The van der Waals surface area contributed by atoms with Gasteiger partial charge in [-0.05, 0) is 60.7 Å². The first-order chi connectivity index (χ1) is 13.7. The number of hydrogen-bond acceptors (Lipinski definition) is 6. The largest absolute Gasteiger partial charge is 0.508 e. The Balaban J connectivity index is 1.79. The molecule has 3 rings (SSSR count). The van der Waals surface area contributed by atoms with Crippen molar-refractivity contribution >= 4 is 27.6 Å². The van der Waals surface area contributed by atoms with E-state index in [-0.39, 0.29) is 33.4 Å². The van der Waals surface area contributed by atoms with Gasteiger partial charge in [0.1, 0.15) is 17.2 Å². The Labute approximate surface area is 167 Å². The number of sulfonamides is 1. The Kier molecular flexibility index (Phi) is 5.56. The van der Waals surface area contributed by atoms with Gasteiger partial charge < -0.3 is 15.3 Å². The van der Waals surface area contributed by atoms with E-state index in [2.05, 4.69) is 4.72 Å². The summed E-state index contributed by atoms with van der Waals surface area (Å²) in [5.41, 5.74) is 0.788. The number of carbonyl (C=O) groups excluding carboxylic acids is 1. The molecular formula is C21H17NO6S. The van der Waals surface area contributed by atoms with Crippen molar-refractivity contribution < 1.29 is 28.5 Å². The van der Waals surface area contributed by atoms with E-state index in [0.29, 0.717) is 5.56 Å². The van der Waals surface area contributed by atoms with Gasteiger partial charge in [-0.25, -0.2) is 8.42 Å². The second-order valence-electron chi connectivity index (χ2n) is 6.12. The maximum absolute atomic E-state index is 12.4. The molecule has 29 heavy (non-hydrogen) atoms. The fraction of sp³-hybridized carbons (Fsp3) is 0. The smallest absolute Gasteiger partial charge is 0.261 e. The minimum atomic E-state index is -3.88. The lowest BCUT2D eigenvalue weighted by atomic mass is 10.1. The molecule has 0 aliphatic rings. The van der Waals surface area contributed by atoms with E-state index in [9.17, 15) is 28.5 Å². The number of ketones is 1. The molecule has 7 nitrogen and oxygen atoms in total. The van der Waals surface area contributed by atoms with Crippen LogP contribution < -0.4 is 4.72 Å². The Bertz CT molecular complexity index is 1180. The number of phenolic OH excluding ortho intramolecular Hbond substituents is 3. The minimum Gasteiger partial charge on any atom is -0.508 e. The summed E-state index contributed by atoms with van der Waals surface area (Å²) in [6.45, 7) is 0. The molecule has 3 aromatic carbocycles. The highest BCUT2D eigenvalue weighted by Crippen LogP contribution is 2.24. The van der Waals surface area contributed by atoms with Gasteiger partial charge in [0, 0.05) is 22.9 Å². The van der Waals surface area contributed by atoms with Crippen molar-refractivity contribution in [3.63, 3.8) is 0 Å². The zero-order chi connectivity index (χ0) is 21.0. The van der Waals surface area contributed by atoms with Crippen LogP contribution in [0.15, 0.2) is 77.7 Å². The number of hydrogen-bond donors (Lipinski definition) is 4. The van der Waals surface area contributed by atoms with Crippen molar-refractivity contribution in [3.8, 4) is 17.2 Å². The van der Waals surface area contributed by atoms with Crippen molar-refractivity contribution in [2.45, 2.75) is 4.90 Å². The van der Waals surface area contributed by atoms with Crippen LogP contribution >= 0.6 is 0 Å². The molecule has 0 aliphatic carbocycles. The summed E-state index contributed by atoms with van der Waals surface area (Å²) in [4.78, 5) is 12.4. The maximum Gasteiger partial charge on any atom is 0.261 e. The van der Waals surface area contributed by atoms with Gasteiger partial charge in [-0.3, -0.25) is 9.52 Å². The third kappa shape index (κ3) is 4.94. The van der Waals surface area contributed by atoms with Crippen LogP contribution in [-0.2, 0) is 10.0 Å². The standard InChI is InChI=1S/C21H17NO6S/c23-17-7-9-19(10-8-17)29(27,28)22-16-3-1-2-15(12-16)20(25)11-5-14-4-6-18(24)13-21(14)26/h1-13,22-24,26H/b11-5+. The molecule has 0 fully saturated rings. The predicted octanol–water partition coefficient (Wildman–Crippen LogP) is 3.50. The fourth-order valence-electron chi connectivity index (χ4n) is 2.51. The monoisotopic (exact) mass is 411 g/mol. The molecule has 3 aromatic rings. The minimum absolute atomic E-state index is 0.0327. The fourth-order valence-corrected chi connectivity index (χ4v) is 3.56. The van der Waals surface area contributed by atoms with Crippen molar-refractivity contribution in [2.24, 2.45) is 0 Å². The first-order valence-corrected chi connectivity index (χ1v) is 9.89. The lowest BCUT2D eigenvalue weighted by molar-refractivity contribution is 0.104. The second-order valence-corrected chi connectivity index (χ2v) is 7.80. The molecule has 0 aliphatic heterocycles. The van der Waals surface area contributed by atoms with Gasteiger partial charge in [0.2, 0.25) is 0 Å². The van der Waals surface area contributed by atoms with E-state index < -0.39 is 15.8 Å². The zero-order valence-electron chi connectivity index (χ0n) is 15.0. The summed E-state index contributed by atoms with van der Waals surface area (Å²) < 4.78 is 27.2. The Morgan fingerprint density at radius 3 is 2.24 bits per heavy atom. The topological polar surface area (TPSA) is 124 Å². The Hall–Kier alpha value is -3.78. The Morgan fingerprint density at radius 1 is 0.862 bits per heavy atom. The van der Waals surface area contributed by atoms with Crippen LogP contribution in [-0.4, -0.2) is 29.5 Å². The number of rotatable bonds is 6. The highest BCUT2D eigenvalue weighted by molar-refractivity contribution is 7.92. The van der Waals surface area contributed by atoms with Crippen molar-refractivity contribution in [2.75, 3.05) is 4.72 Å². The number of anilines is 1. The average molecular weight is 411 g/mol. The van der Waals surface area contributed by atoms with Crippen molar-refractivity contribution in [1.82, 2.24) is 0 Å². The normalized spacial score (nSPS) is 11.4. The highest BCUT2D eigenvalue weighted by atomic mass is 32.2. The van der Waals surface area contributed by atoms with Gasteiger partial charge in [-0.15, -0.1) is 0 Å². The molecule has 0 atom stereocenters. The molecule has 4 N–H and O–H groups in total. The van der Waals surface area contributed by atoms with Crippen LogP contribution in [0.4, 0.5) is 5.69 Å². The molecule has 0 heterocycles. The average Bonchev–Trinajstić information content (AvgIpc) is 2.67. The number of allylic oxidation sites excluding steroid dienone is 1. The van der Waals surface area contributed by atoms with Crippen LogP contribution in [0.1, 0.15) is 15.9 Å². The summed E-state index contributed by atoms with van der Waals surface area (Å²) in [6, 6.07) is 15.0. The molecule has 0 saturated heterocycles. The van der Waals surface area contributed by atoms with Gasteiger partial charge in [0.25, 0.3) is 10.0 Å². The predicted molar refractivity (Wildman–Crippen MR) is 108 cm³/mol. The molecule has 0 amide bonds. The summed E-state index contributed by atoms with van der Waals surface area (Å²) in [6.07, 6.45) is 2.63. The molecular weight excluding hydrogens is 394 g/mol. The number of aromatic hydroxyl groups is 3. The van der Waals surface area contributed by atoms with Crippen molar-refractivity contribution in [3.05, 3.63) is 83.9 Å². The Morgan fingerprint density at radius 2 is 1.55 bits per heavy atom. The second kappa shape index (κ2) is 8.07. The molecule has 0 bridgehead atoms. The number of phenols is 3. The van der Waals surface area contributed by atoms with Crippen LogP contribution in [0.25, 0.3) is 6.08 Å². The van der Waals surface area contributed by atoms with E-state index >= 15 is 0 Å². The lowest BCUT2D eigenvalue weighted by Crippen LogP contribution is -2.13. The van der Waals surface area contributed by atoms with Crippen LogP contribution in [0, 0.1) is 0 Å². The van der Waals surface area contributed by atoms with Crippen LogP contribution in [0.2, 0.25) is 0 Å². The summed E-state index contributed by atoms with van der Waals surface area (Å²) in [5, 5.41) is 28.3. The van der Waals surface area contributed by atoms with E-state index in [1.54, 1.807) is 0 Å². The van der Waals surface area contributed by atoms with Gasteiger partial charge in [0.15, 0.2) is 5.78 Å². The summed E-state index contributed by atoms with van der Waals surface area (Å²) >= 11 is 0. The third-order valence-electron chi connectivity index (χ3n) is 3.97. The van der Waals surface area contributed by atoms with Crippen LogP contribution in [0.3, 0.4) is 0 Å². The maximum atomic E-state index is 12.4. The highest BCUT2D eigenvalue weighted by Gasteiger charge is 2.15. The number of carbonyl (C=O) groups is 1. The summed E-state index contributed by atoms with van der Waals surface area (Å²) in [5.74, 6) is -0.727. The first kappa shape index (κ1) is 20.0. The molecule has 148 valence electrons. The van der Waals surface area contributed by atoms with E-state index in [4.69, 9.17) is 0 Å². The number of benzene rings is 3. The molecule has 0 unspecified atom stereocenters. The van der Waals surface area contributed by atoms with Gasteiger partial charge in [-0.2, -0.15) is 0 Å². The molecule has 0 radical (unpaired) electrons. The lowest BCUT2D eigenvalue weighted by Gasteiger charge is -2.09. The van der Waals surface area contributed by atoms with Gasteiger partial charge in [-0.1, -0.05) is 12.1 Å². The SMILES string of the molecule is O=C(/C=C/c1ccc(O)cc1O)c1cccc(NS(=O)(=O)c2ccc(O)cc2)c1. The van der Waals surface area contributed by atoms with E-state index in [1.165, 1.54) is 72.8 Å². The van der Waals surface area contributed by atoms with E-state index in [1.807, 2.05) is 0 Å². The summed E-state index contributed by atoms with van der Waals surface area (Å²) in [7, 11) is -3.88. The molecule has 0 saturated carbocycles.